The Bertz CT molecular complexity index is 960. The number of rotatable bonds is 9. The summed E-state index contributed by atoms with van der Waals surface area (Å²) in [5.41, 5.74) is 0.926. The lowest BCUT2D eigenvalue weighted by atomic mass is 10.3. The van der Waals surface area contributed by atoms with Crippen LogP contribution in [0.2, 0.25) is 5.02 Å². The number of urea groups is 1. The van der Waals surface area contributed by atoms with Gasteiger partial charge >= 0.3 is 6.03 Å². The van der Waals surface area contributed by atoms with Gasteiger partial charge in [0.15, 0.2) is 0 Å². The first-order valence-electron chi connectivity index (χ1n) is 9.10. The highest BCUT2D eigenvalue weighted by Crippen LogP contribution is 2.16. The van der Waals surface area contributed by atoms with Crippen LogP contribution in [0, 0.1) is 0 Å². The molecule has 2 heterocycles. The van der Waals surface area contributed by atoms with Crippen molar-refractivity contribution in [1.82, 2.24) is 15.2 Å². The molecule has 0 radical (unpaired) electrons. The van der Waals surface area contributed by atoms with Crippen molar-refractivity contribution in [2.75, 3.05) is 25.6 Å². The van der Waals surface area contributed by atoms with E-state index in [4.69, 9.17) is 20.8 Å². The van der Waals surface area contributed by atoms with Gasteiger partial charge in [-0.15, -0.1) is 11.3 Å². The highest BCUT2D eigenvalue weighted by Gasteiger charge is 2.18. The topological polar surface area (TPSA) is 96.7 Å². The van der Waals surface area contributed by atoms with E-state index in [-0.39, 0.29) is 25.0 Å². The van der Waals surface area contributed by atoms with Crippen LogP contribution in [-0.2, 0) is 17.8 Å². The van der Waals surface area contributed by atoms with Gasteiger partial charge in [0.1, 0.15) is 16.5 Å². The van der Waals surface area contributed by atoms with Gasteiger partial charge in [-0.25, -0.2) is 9.78 Å². The first kappa shape index (κ1) is 21.8. The van der Waals surface area contributed by atoms with Crippen LogP contribution < -0.4 is 10.6 Å². The summed E-state index contributed by atoms with van der Waals surface area (Å²) < 4.78 is 10.3. The minimum absolute atomic E-state index is 0.249. The van der Waals surface area contributed by atoms with Crippen molar-refractivity contribution < 1.29 is 18.7 Å². The number of nitrogens with one attached hydrogen (secondary N) is 2. The predicted octanol–water partition coefficient (Wildman–Crippen LogP) is 4.00. The molecule has 0 fully saturated rings. The molecular formula is C20H21ClN4O4S. The van der Waals surface area contributed by atoms with Crippen LogP contribution in [-0.4, -0.2) is 42.1 Å². The Balaban J connectivity index is 1.60. The monoisotopic (exact) mass is 448 g/mol. The second-order valence-corrected chi connectivity index (χ2v) is 7.62. The minimum atomic E-state index is -0.303. The molecule has 3 amide bonds. The molecule has 158 valence electrons. The van der Waals surface area contributed by atoms with Crippen molar-refractivity contribution >= 4 is 40.6 Å². The third-order valence-corrected chi connectivity index (χ3v) is 5.15. The zero-order chi connectivity index (χ0) is 21.3. The van der Waals surface area contributed by atoms with Crippen molar-refractivity contribution in [3.8, 4) is 0 Å². The molecular weight excluding hydrogens is 428 g/mol. The minimum Gasteiger partial charge on any atom is -0.467 e. The molecule has 30 heavy (non-hydrogen) atoms. The number of carbonyl (C=O) groups is 2. The molecule has 0 aliphatic rings. The molecule has 0 saturated carbocycles. The van der Waals surface area contributed by atoms with E-state index in [0.717, 1.165) is 0 Å². The number of nitrogens with zero attached hydrogens (tertiary/aromatic N) is 2. The first-order chi connectivity index (χ1) is 14.5. The van der Waals surface area contributed by atoms with E-state index in [9.17, 15) is 9.59 Å². The van der Waals surface area contributed by atoms with Gasteiger partial charge in [0.05, 0.1) is 26.0 Å². The van der Waals surface area contributed by atoms with Crippen LogP contribution in [0.5, 0.6) is 0 Å². The number of halogens is 1. The highest BCUT2D eigenvalue weighted by atomic mass is 35.5. The molecule has 3 aromatic rings. The smallest absolute Gasteiger partial charge is 0.322 e. The maximum atomic E-state index is 12.7. The molecule has 0 saturated heterocycles. The quantitative estimate of drug-likeness (QED) is 0.515. The number of thiazole rings is 1. The van der Waals surface area contributed by atoms with E-state index < -0.39 is 0 Å². The summed E-state index contributed by atoms with van der Waals surface area (Å²) in [6, 6.07) is 10.1. The van der Waals surface area contributed by atoms with Crippen molar-refractivity contribution in [1.29, 1.82) is 0 Å². The first-order valence-corrected chi connectivity index (χ1v) is 10.4. The van der Waals surface area contributed by atoms with Gasteiger partial charge in [0, 0.05) is 29.7 Å². The number of amides is 3. The second-order valence-electron chi connectivity index (χ2n) is 6.24. The number of benzene rings is 1. The molecule has 8 nitrogen and oxygen atoms in total. The number of methoxy groups -OCH3 is 1. The van der Waals surface area contributed by atoms with E-state index in [0.29, 0.717) is 40.3 Å². The molecule has 2 N–H and O–H groups in total. The van der Waals surface area contributed by atoms with Gasteiger partial charge in [0.25, 0.3) is 5.91 Å². The van der Waals surface area contributed by atoms with Crippen molar-refractivity contribution in [3.63, 3.8) is 0 Å². The number of hydrogen-bond donors (Lipinski definition) is 2. The molecule has 0 aliphatic carbocycles. The normalized spacial score (nSPS) is 10.6. The number of hydrogen-bond acceptors (Lipinski definition) is 6. The van der Waals surface area contributed by atoms with Crippen molar-refractivity contribution in [3.05, 3.63) is 69.5 Å². The van der Waals surface area contributed by atoms with Gasteiger partial charge in [-0.1, -0.05) is 11.6 Å². The Morgan fingerprint density at radius 1 is 1.27 bits per heavy atom. The van der Waals surface area contributed by atoms with E-state index >= 15 is 0 Å². The maximum Gasteiger partial charge on any atom is 0.322 e. The summed E-state index contributed by atoms with van der Waals surface area (Å²) in [6.45, 7) is 1.27. The summed E-state index contributed by atoms with van der Waals surface area (Å²) in [5, 5.41) is 8.47. The van der Waals surface area contributed by atoms with E-state index in [1.807, 2.05) is 0 Å². The largest absolute Gasteiger partial charge is 0.467 e. The fourth-order valence-electron chi connectivity index (χ4n) is 2.51. The zero-order valence-corrected chi connectivity index (χ0v) is 17.8. The summed E-state index contributed by atoms with van der Waals surface area (Å²) >= 11 is 7.19. The summed E-state index contributed by atoms with van der Waals surface area (Å²) in [4.78, 5) is 30.9. The lowest BCUT2D eigenvalue weighted by Gasteiger charge is -2.21. The standard InChI is InChI=1S/C20H21ClN4O4S/c1-28-10-8-25(20(27)23-15-6-4-14(21)5-7-15)12-18-24-17(13-30-18)19(26)22-11-16-3-2-9-29-16/h2-7,9,13H,8,10-12H2,1H3,(H,22,26)(H,23,27). The van der Waals surface area contributed by atoms with Gasteiger partial charge < -0.3 is 24.7 Å². The molecule has 0 atom stereocenters. The van der Waals surface area contributed by atoms with Crippen molar-refractivity contribution in [2.24, 2.45) is 0 Å². The Kier molecular flexibility index (Phi) is 7.83. The average Bonchev–Trinajstić information content (AvgIpc) is 3.43. The summed E-state index contributed by atoms with van der Waals surface area (Å²) in [5.74, 6) is 0.353. The summed E-state index contributed by atoms with van der Waals surface area (Å²) in [6.07, 6.45) is 1.55. The van der Waals surface area contributed by atoms with Gasteiger partial charge in [-0.2, -0.15) is 0 Å². The number of carbonyl (C=O) groups excluding carboxylic acids is 2. The third-order valence-electron chi connectivity index (χ3n) is 4.06. The Morgan fingerprint density at radius 3 is 2.77 bits per heavy atom. The Hall–Kier alpha value is -2.88. The van der Waals surface area contributed by atoms with Crippen LogP contribution in [0.4, 0.5) is 10.5 Å². The fraction of sp³-hybridized carbons (Fsp3) is 0.250. The SMILES string of the molecule is COCCN(Cc1nc(C(=O)NCc2ccco2)cs1)C(=O)Nc1ccc(Cl)cc1. The van der Waals surface area contributed by atoms with Crippen LogP contribution in [0.3, 0.4) is 0 Å². The average molecular weight is 449 g/mol. The van der Waals surface area contributed by atoms with Crippen LogP contribution in [0.25, 0.3) is 0 Å². The number of aromatic nitrogens is 1. The van der Waals surface area contributed by atoms with E-state index in [1.165, 1.54) is 11.3 Å². The van der Waals surface area contributed by atoms with Crippen LogP contribution in [0.1, 0.15) is 21.3 Å². The predicted molar refractivity (Wildman–Crippen MR) is 115 cm³/mol. The molecule has 2 aromatic heterocycles. The number of ether oxygens (including phenoxy) is 1. The van der Waals surface area contributed by atoms with Gasteiger partial charge in [0.2, 0.25) is 0 Å². The van der Waals surface area contributed by atoms with Gasteiger partial charge in [-0.3, -0.25) is 4.79 Å². The fourth-order valence-corrected chi connectivity index (χ4v) is 3.43. The van der Waals surface area contributed by atoms with Crippen LogP contribution in [0.15, 0.2) is 52.5 Å². The second kappa shape index (κ2) is 10.8. The summed E-state index contributed by atoms with van der Waals surface area (Å²) in [7, 11) is 1.57. The van der Waals surface area contributed by atoms with E-state index in [1.54, 1.807) is 60.1 Å². The third kappa shape index (κ3) is 6.31. The molecule has 0 bridgehead atoms. The Labute approximate surface area is 182 Å². The lowest BCUT2D eigenvalue weighted by Crippen LogP contribution is -2.36. The molecule has 0 aliphatic heterocycles. The van der Waals surface area contributed by atoms with Crippen molar-refractivity contribution in [2.45, 2.75) is 13.1 Å². The lowest BCUT2D eigenvalue weighted by molar-refractivity contribution is 0.0943. The number of anilines is 1. The highest BCUT2D eigenvalue weighted by molar-refractivity contribution is 7.09. The van der Waals surface area contributed by atoms with E-state index in [2.05, 4.69) is 15.6 Å². The maximum absolute atomic E-state index is 12.7. The Morgan fingerprint density at radius 2 is 2.07 bits per heavy atom. The molecule has 1 aromatic carbocycles. The zero-order valence-electron chi connectivity index (χ0n) is 16.3. The van der Waals surface area contributed by atoms with Crippen LogP contribution >= 0.6 is 22.9 Å². The molecule has 3 rings (SSSR count). The molecule has 0 spiro atoms. The molecule has 0 unspecified atom stereocenters. The molecule has 10 heteroatoms. The van der Waals surface area contributed by atoms with Gasteiger partial charge in [-0.05, 0) is 36.4 Å². The number of furan rings is 1.